The minimum absolute atomic E-state index is 0.568. The van der Waals surface area contributed by atoms with Crippen LogP contribution in [0.3, 0.4) is 0 Å². The summed E-state index contributed by atoms with van der Waals surface area (Å²) in [6.45, 7) is 6.43. The number of hydrogen-bond acceptors (Lipinski definition) is 5. The molecule has 1 aromatic carbocycles. The summed E-state index contributed by atoms with van der Waals surface area (Å²) >= 11 is 1.71. The van der Waals surface area contributed by atoms with Gasteiger partial charge in [-0.3, -0.25) is 4.90 Å². The predicted molar refractivity (Wildman–Crippen MR) is 86.8 cm³/mol. The molecule has 112 valence electrons. The van der Waals surface area contributed by atoms with Crippen LogP contribution >= 0.6 is 11.3 Å². The minimum atomic E-state index is 0.568. The number of hydrogen-bond donors (Lipinski definition) is 1. The van der Waals surface area contributed by atoms with Gasteiger partial charge in [0.15, 0.2) is 0 Å². The third-order valence-corrected chi connectivity index (χ3v) is 4.67. The number of thiazole rings is 1. The van der Waals surface area contributed by atoms with Gasteiger partial charge in [0.1, 0.15) is 10.8 Å². The summed E-state index contributed by atoms with van der Waals surface area (Å²) in [7, 11) is 1.69. The van der Waals surface area contributed by atoms with Crippen molar-refractivity contribution < 1.29 is 4.74 Å². The smallest absolute Gasteiger partial charge is 0.123 e. The number of ether oxygens (including phenoxy) is 1. The van der Waals surface area contributed by atoms with Crippen LogP contribution in [0.5, 0.6) is 5.75 Å². The molecule has 2 heterocycles. The van der Waals surface area contributed by atoms with Crippen LogP contribution in [0.4, 0.5) is 0 Å². The number of nitrogens with zero attached hydrogens (tertiary/aromatic N) is 2. The molecule has 1 aromatic heterocycles. The van der Waals surface area contributed by atoms with E-state index < -0.39 is 0 Å². The predicted octanol–water partition coefficient (Wildman–Crippen LogP) is 2.61. The van der Waals surface area contributed by atoms with E-state index >= 15 is 0 Å². The van der Waals surface area contributed by atoms with Gasteiger partial charge in [0.25, 0.3) is 0 Å². The monoisotopic (exact) mass is 303 g/mol. The van der Waals surface area contributed by atoms with Crippen LogP contribution in [-0.4, -0.2) is 42.7 Å². The maximum absolute atomic E-state index is 5.19. The molecule has 1 saturated heterocycles. The zero-order chi connectivity index (χ0) is 14.7. The topological polar surface area (TPSA) is 37.4 Å². The maximum Gasteiger partial charge on any atom is 0.123 e. The van der Waals surface area contributed by atoms with Crippen molar-refractivity contribution in [3.05, 3.63) is 35.3 Å². The Morgan fingerprint density at radius 1 is 1.38 bits per heavy atom. The lowest BCUT2D eigenvalue weighted by Gasteiger charge is -2.31. The van der Waals surface area contributed by atoms with Gasteiger partial charge >= 0.3 is 0 Å². The lowest BCUT2D eigenvalue weighted by Crippen LogP contribution is -2.48. The van der Waals surface area contributed by atoms with Crippen molar-refractivity contribution in [3.8, 4) is 16.3 Å². The second-order valence-electron chi connectivity index (χ2n) is 5.46. The zero-order valence-corrected chi connectivity index (χ0v) is 13.3. The van der Waals surface area contributed by atoms with Crippen molar-refractivity contribution in [2.45, 2.75) is 19.5 Å². The lowest BCUT2D eigenvalue weighted by atomic mass is 10.2. The second kappa shape index (κ2) is 6.56. The molecule has 0 bridgehead atoms. The highest BCUT2D eigenvalue weighted by Gasteiger charge is 2.16. The van der Waals surface area contributed by atoms with Crippen LogP contribution in [0.15, 0.2) is 29.6 Å². The molecule has 0 radical (unpaired) electrons. The van der Waals surface area contributed by atoms with E-state index in [0.717, 1.165) is 42.5 Å². The summed E-state index contributed by atoms with van der Waals surface area (Å²) in [5.41, 5.74) is 2.32. The van der Waals surface area contributed by atoms with Crippen molar-refractivity contribution in [1.82, 2.24) is 15.2 Å². The van der Waals surface area contributed by atoms with E-state index in [9.17, 15) is 0 Å². The van der Waals surface area contributed by atoms with E-state index in [1.54, 1.807) is 18.4 Å². The lowest BCUT2D eigenvalue weighted by molar-refractivity contribution is 0.198. The van der Waals surface area contributed by atoms with Gasteiger partial charge in [0, 0.05) is 43.2 Å². The van der Waals surface area contributed by atoms with E-state index in [4.69, 9.17) is 9.72 Å². The highest BCUT2D eigenvalue weighted by molar-refractivity contribution is 7.13. The molecule has 21 heavy (non-hydrogen) atoms. The van der Waals surface area contributed by atoms with Crippen LogP contribution in [0.1, 0.15) is 12.6 Å². The molecule has 1 aliphatic heterocycles. The molecule has 1 N–H and O–H groups in total. The first-order valence-electron chi connectivity index (χ1n) is 7.29. The third-order valence-electron chi connectivity index (χ3n) is 3.73. The zero-order valence-electron chi connectivity index (χ0n) is 12.5. The Hall–Kier alpha value is -1.43. The van der Waals surface area contributed by atoms with Gasteiger partial charge in [-0.2, -0.15) is 0 Å². The highest BCUT2D eigenvalue weighted by atomic mass is 32.1. The molecule has 1 fully saturated rings. The number of nitrogens with one attached hydrogen (secondary N) is 1. The van der Waals surface area contributed by atoms with Crippen molar-refractivity contribution in [2.75, 3.05) is 26.7 Å². The summed E-state index contributed by atoms with van der Waals surface area (Å²) in [4.78, 5) is 7.24. The summed E-state index contributed by atoms with van der Waals surface area (Å²) in [6, 6.07) is 8.66. The number of piperazine rings is 1. The molecular weight excluding hydrogens is 282 g/mol. The van der Waals surface area contributed by atoms with E-state index in [0.29, 0.717) is 6.04 Å². The van der Waals surface area contributed by atoms with Gasteiger partial charge in [0.05, 0.1) is 12.8 Å². The first-order chi connectivity index (χ1) is 10.2. The average molecular weight is 303 g/mol. The summed E-state index contributed by atoms with van der Waals surface area (Å²) < 4.78 is 5.19. The molecule has 2 aromatic rings. The summed E-state index contributed by atoms with van der Waals surface area (Å²) in [6.07, 6.45) is 0. The van der Waals surface area contributed by atoms with Crippen molar-refractivity contribution in [1.29, 1.82) is 0 Å². The van der Waals surface area contributed by atoms with Crippen molar-refractivity contribution >= 4 is 11.3 Å². The molecule has 4 nitrogen and oxygen atoms in total. The summed E-state index contributed by atoms with van der Waals surface area (Å²) in [5.74, 6) is 0.880. The molecule has 1 aliphatic rings. The second-order valence-corrected chi connectivity index (χ2v) is 6.32. The number of methoxy groups -OCH3 is 1. The Labute approximate surface area is 129 Å². The Balaban J connectivity index is 1.67. The fraction of sp³-hybridized carbons (Fsp3) is 0.438. The van der Waals surface area contributed by atoms with Gasteiger partial charge in [-0.15, -0.1) is 11.3 Å². The molecule has 0 saturated carbocycles. The van der Waals surface area contributed by atoms with Crippen LogP contribution < -0.4 is 10.1 Å². The van der Waals surface area contributed by atoms with E-state index in [1.165, 1.54) is 5.69 Å². The van der Waals surface area contributed by atoms with E-state index in [-0.39, 0.29) is 0 Å². The Morgan fingerprint density at radius 2 is 2.19 bits per heavy atom. The molecule has 0 amide bonds. The number of benzene rings is 1. The molecule has 0 spiro atoms. The maximum atomic E-state index is 5.19. The number of rotatable bonds is 4. The van der Waals surface area contributed by atoms with Gasteiger partial charge < -0.3 is 10.1 Å². The largest absolute Gasteiger partial charge is 0.497 e. The molecule has 0 aliphatic carbocycles. The normalized spacial score (nSPS) is 19.6. The van der Waals surface area contributed by atoms with Crippen LogP contribution in [-0.2, 0) is 6.54 Å². The minimum Gasteiger partial charge on any atom is -0.497 e. The van der Waals surface area contributed by atoms with Crippen LogP contribution in [0, 0.1) is 0 Å². The fourth-order valence-electron chi connectivity index (χ4n) is 2.63. The van der Waals surface area contributed by atoms with Crippen LogP contribution in [0.25, 0.3) is 10.6 Å². The molecule has 5 heteroatoms. The van der Waals surface area contributed by atoms with Gasteiger partial charge in [-0.05, 0) is 31.2 Å². The van der Waals surface area contributed by atoms with Gasteiger partial charge in [0.2, 0.25) is 0 Å². The highest BCUT2D eigenvalue weighted by Crippen LogP contribution is 2.26. The number of aromatic nitrogens is 1. The molecule has 0 unspecified atom stereocenters. The van der Waals surface area contributed by atoms with E-state index in [2.05, 4.69) is 34.7 Å². The SMILES string of the molecule is COc1ccc(-c2nc(CN3CCN[C@@H](C)C3)cs2)cc1. The average Bonchev–Trinajstić information content (AvgIpc) is 2.96. The first-order valence-corrected chi connectivity index (χ1v) is 8.17. The third kappa shape index (κ3) is 3.61. The van der Waals surface area contributed by atoms with Gasteiger partial charge in [-0.25, -0.2) is 4.98 Å². The standard InChI is InChI=1S/C16H21N3OS/c1-12-9-19(8-7-17-12)10-14-11-21-16(18-14)13-3-5-15(20-2)6-4-13/h3-6,11-12,17H,7-10H2,1-2H3/t12-/m0/s1. The quantitative estimate of drug-likeness (QED) is 0.942. The first kappa shape index (κ1) is 14.5. The van der Waals surface area contributed by atoms with E-state index in [1.807, 2.05) is 12.1 Å². The van der Waals surface area contributed by atoms with Crippen molar-refractivity contribution in [2.24, 2.45) is 0 Å². The molecule has 1 atom stereocenters. The Kier molecular flexibility index (Phi) is 4.53. The molecule has 3 rings (SSSR count). The fourth-order valence-corrected chi connectivity index (χ4v) is 3.45. The van der Waals surface area contributed by atoms with Crippen molar-refractivity contribution in [3.63, 3.8) is 0 Å². The van der Waals surface area contributed by atoms with Crippen LogP contribution in [0.2, 0.25) is 0 Å². The Bertz CT molecular complexity index is 581. The van der Waals surface area contributed by atoms with Gasteiger partial charge in [-0.1, -0.05) is 0 Å². The molecular formula is C16H21N3OS. The Morgan fingerprint density at radius 3 is 2.90 bits per heavy atom. The summed E-state index contributed by atoms with van der Waals surface area (Å²) in [5, 5.41) is 6.72.